The van der Waals surface area contributed by atoms with Gasteiger partial charge in [0.25, 0.3) is 0 Å². The van der Waals surface area contributed by atoms with Crippen molar-refractivity contribution in [2.45, 2.75) is 297 Å². The van der Waals surface area contributed by atoms with Crippen molar-refractivity contribution in [2.24, 2.45) is 0 Å². The van der Waals surface area contributed by atoms with E-state index < -0.39 is 6.10 Å². The molecule has 0 aliphatic carbocycles. The van der Waals surface area contributed by atoms with Gasteiger partial charge in [0.2, 0.25) is 0 Å². The summed E-state index contributed by atoms with van der Waals surface area (Å²) in [7, 11) is 0. The maximum Gasteiger partial charge on any atom is 0.306 e. The van der Waals surface area contributed by atoms with Crippen LogP contribution in [0.4, 0.5) is 0 Å². The standard InChI is InChI=1S/C77H124O6/c1-4-7-10-13-16-19-22-25-28-31-33-35-37-38-40-41-43-46-49-52-55-58-61-64-67-70-76(79)82-73-74(72-81-75(78)69-66-63-60-57-54-51-48-45-30-27-24-21-18-15-12-9-6-3)83-77(80)71-68-65-62-59-56-53-50-47-44-42-39-36-34-32-29-26-23-20-17-14-11-8-5-2/h7-8,10-11,16-17,19-20,25-26,28-29,33-36,38,40,42-44,46,50,53,59,62,74H,4-6,9,12-15,18,21-24,27,30-32,37,39,41,45,47-49,51-52,54-58,60-61,63-73H2,1-3H3/b10-7-,11-8-,19-16-,20-17-,28-25-,29-26-,35-33-,36-34-,40-38-,44-42-,46-43-,53-50-,62-59-. The SMILES string of the molecule is CC/C=C\C/C=C\C/C=C\C/C=C\C/C=C\C/C=C\C/C=C\CCCC(=O)OC(COC(=O)CCCCCCCC/C=C\C/C=C\C/C=C\C/C=C\C/C=C\C/C=C\CC)COC(=O)CCCCCCCCCCCCCCCCCCC. The van der Waals surface area contributed by atoms with Gasteiger partial charge in [-0.25, -0.2) is 0 Å². The van der Waals surface area contributed by atoms with E-state index in [0.717, 1.165) is 141 Å². The van der Waals surface area contributed by atoms with E-state index in [2.05, 4.69) is 179 Å². The zero-order valence-electron chi connectivity index (χ0n) is 53.7. The van der Waals surface area contributed by atoms with Gasteiger partial charge in [-0.3, -0.25) is 14.4 Å². The second-order valence-corrected chi connectivity index (χ2v) is 22.0. The van der Waals surface area contributed by atoms with Crippen LogP contribution in [0.25, 0.3) is 0 Å². The molecule has 0 aromatic carbocycles. The van der Waals surface area contributed by atoms with Crippen molar-refractivity contribution >= 4 is 17.9 Å². The van der Waals surface area contributed by atoms with Crippen LogP contribution in [0, 0.1) is 0 Å². The molecule has 0 amide bonds. The smallest absolute Gasteiger partial charge is 0.306 e. The van der Waals surface area contributed by atoms with Gasteiger partial charge in [0.05, 0.1) is 0 Å². The van der Waals surface area contributed by atoms with Gasteiger partial charge in [-0.05, 0) is 122 Å². The monoisotopic (exact) mass is 1140 g/mol. The van der Waals surface area contributed by atoms with Crippen molar-refractivity contribution < 1.29 is 28.6 Å². The molecule has 0 aliphatic rings. The number of carbonyl (C=O) groups excluding carboxylic acids is 3. The van der Waals surface area contributed by atoms with Crippen LogP contribution in [0.3, 0.4) is 0 Å². The van der Waals surface area contributed by atoms with E-state index in [-0.39, 0.29) is 37.5 Å². The van der Waals surface area contributed by atoms with Gasteiger partial charge in [-0.1, -0.05) is 307 Å². The van der Waals surface area contributed by atoms with Crippen LogP contribution >= 0.6 is 0 Å². The Balaban J connectivity index is 4.53. The second kappa shape index (κ2) is 69.5. The van der Waals surface area contributed by atoms with Crippen molar-refractivity contribution in [3.63, 3.8) is 0 Å². The summed E-state index contributed by atoms with van der Waals surface area (Å²) in [6.45, 7) is 6.37. The van der Waals surface area contributed by atoms with Crippen LogP contribution in [-0.2, 0) is 28.6 Å². The molecule has 0 bridgehead atoms. The summed E-state index contributed by atoms with van der Waals surface area (Å²) in [5, 5.41) is 0. The van der Waals surface area contributed by atoms with Crippen LogP contribution in [0.5, 0.6) is 0 Å². The highest BCUT2D eigenvalue weighted by Gasteiger charge is 2.19. The van der Waals surface area contributed by atoms with Crippen molar-refractivity contribution in [3.05, 3.63) is 158 Å². The summed E-state index contributed by atoms with van der Waals surface area (Å²) in [4.78, 5) is 38.4. The fourth-order valence-electron chi connectivity index (χ4n) is 9.02. The molecule has 0 rings (SSSR count). The molecule has 0 fully saturated rings. The molecule has 6 heteroatoms. The van der Waals surface area contributed by atoms with Crippen molar-refractivity contribution in [1.82, 2.24) is 0 Å². The third-order valence-electron chi connectivity index (χ3n) is 14.0. The lowest BCUT2D eigenvalue weighted by Crippen LogP contribution is -2.30. The molecule has 83 heavy (non-hydrogen) atoms. The molecular formula is C77H124O6. The topological polar surface area (TPSA) is 78.9 Å². The van der Waals surface area contributed by atoms with E-state index in [9.17, 15) is 14.4 Å². The molecule has 0 aromatic heterocycles. The Morgan fingerprint density at radius 2 is 0.482 bits per heavy atom. The lowest BCUT2D eigenvalue weighted by Gasteiger charge is -2.18. The minimum absolute atomic E-state index is 0.110. The van der Waals surface area contributed by atoms with E-state index >= 15 is 0 Å². The Labute approximate surface area is 511 Å². The fraction of sp³-hybridized carbons (Fsp3) is 0.623. The first-order chi connectivity index (χ1) is 41.0. The molecule has 0 heterocycles. The summed E-state index contributed by atoms with van der Waals surface area (Å²) in [5.41, 5.74) is 0. The van der Waals surface area contributed by atoms with Crippen LogP contribution in [0.15, 0.2) is 158 Å². The van der Waals surface area contributed by atoms with Crippen LogP contribution in [0.1, 0.15) is 290 Å². The predicted octanol–water partition coefficient (Wildman–Crippen LogP) is 23.7. The maximum absolute atomic E-state index is 12.9. The summed E-state index contributed by atoms with van der Waals surface area (Å²) in [6.07, 6.45) is 101. The molecule has 0 radical (unpaired) electrons. The summed E-state index contributed by atoms with van der Waals surface area (Å²) < 4.78 is 16.9. The normalized spacial score (nSPS) is 13.1. The summed E-state index contributed by atoms with van der Waals surface area (Å²) in [6, 6.07) is 0. The van der Waals surface area contributed by atoms with Crippen LogP contribution in [-0.4, -0.2) is 37.2 Å². The Morgan fingerprint density at radius 3 is 0.771 bits per heavy atom. The van der Waals surface area contributed by atoms with Gasteiger partial charge in [-0.2, -0.15) is 0 Å². The largest absolute Gasteiger partial charge is 0.462 e. The van der Waals surface area contributed by atoms with Gasteiger partial charge in [0.15, 0.2) is 6.10 Å². The second-order valence-electron chi connectivity index (χ2n) is 22.0. The zero-order valence-corrected chi connectivity index (χ0v) is 53.7. The highest BCUT2D eigenvalue weighted by molar-refractivity contribution is 5.71. The first-order valence-electron chi connectivity index (χ1n) is 34.0. The van der Waals surface area contributed by atoms with Crippen molar-refractivity contribution in [3.8, 4) is 0 Å². The number of unbranched alkanes of at least 4 members (excludes halogenated alkanes) is 23. The molecule has 0 saturated carbocycles. The molecule has 0 spiro atoms. The molecule has 1 unspecified atom stereocenters. The molecule has 0 N–H and O–H groups in total. The Kier molecular flexibility index (Phi) is 65.4. The molecular weight excluding hydrogens is 1020 g/mol. The number of esters is 3. The van der Waals surface area contributed by atoms with E-state index in [1.54, 1.807) is 0 Å². The third-order valence-corrected chi connectivity index (χ3v) is 14.0. The number of ether oxygens (including phenoxy) is 3. The molecule has 0 aromatic rings. The minimum atomic E-state index is -0.823. The zero-order chi connectivity index (χ0) is 59.9. The minimum Gasteiger partial charge on any atom is -0.462 e. The number of rotatable bonds is 60. The number of carbonyl (C=O) groups is 3. The number of allylic oxidation sites excluding steroid dienone is 26. The summed E-state index contributed by atoms with van der Waals surface area (Å²) in [5.74, 6) is -0.982. The first-order valence-corrected chi connectivity index (χ1v) is 34.0. The van der Waals surface area contributed by atoms with Gasteiger partial charge in [-0.15, -0.1) is 0 Å². The van der Waals surface area contributed by atoms with E-state index in [1.165, 1.54) is 103 Å². The van der Waals surface area contributed by atoms with Crippen LogP contribution in [0.2, 0.25) is 0 Å². The van der Waals surface area contributed by atoms with Crippen molar-refractivity contribution in [2.75, 3.05) is 13.2 Å². The first kappa shape index (κ1) is 78.0. The summed E-state index contributed by atoms with van der Waals surface area (Å²) >= 11 is 0. The van der Waals surface area contributed by atoms with E-state index in [0.29, 0.717) is 19.3 Å². The van der Waals surface area contributed by atoms with Crippen molar-refractivity contribution in [1.29, 1.82) is 0 Å². The van der Waals surface area contributed by atoms with Gasteiger partial charge in [0.1, 0.15) is 13.2 Å². The molecule has 1 atom stereocenters. The molecule has 6 nitrogen and oxygen atoms in total. The van der Waals surface area contributed by atoms with Gasteiger partial charge < -0.3 is 14.2 Å². The highest BCUT2D eigenvalue weighted by Crippen LogP contribution is 2.16. The molecule has 0 aliphatic heterocycles. The van der Waals surface area contributed by atoms with E-state index in [4.69, 9.17) is 14.2 Å². The Morgan fingerprint density at radius 1 is 0.253 bits per heavy atom. The maximum atomic E-state index is 12.9. The van der Waals surface area contributed by atoms with Crippen LogP contribution < -0.4 is 0 Å². The Bertz CT molecular complexity index is 1840. The quantitative estimate of drug-likeness (QED) is 0.0261. The fourth-order valence-corrected chi connectivity index (χ4v) is 9.02. The molecule has 0 saturated heterocycles. The number of hydrogen-bond donors (Lipinski definition) is 0. The van der Waals surface area contributed by atoms with E-state index in [1.807, 2.05) is 0 Å². The third kappa shape index (κ3) is 67.7. The predicted molar refractivity (Wildman–Crippen MR) is 362 cm³/mol. The van der Waals surface area contributed by atoms with Gasteiger partial charge in [0, 0.05) is 19.3 Å². The average Bonchev–Trinajstić information content (AvgIpc) is 3.49. The lowest BCUT2D eigenvalue weighted by molar-refractivity contribution is -0.167. The van der Waals surface area contributed by atoms with Gasteiger partial charge >= 0.3 is 17.9 Å². The Hall–Kier alpha value is -4.97. The highest BCUT2D eigenvalue weighted by atomic mass is 16.6. The number of hydrogen-bond acceptors (Lipinski definition) is 6. The lowest BCUT2D eigenvalue weighted by atomic mass is 10.0. The molecule has 468 valence electrons. The average molecular weight is 1150 g/mol.